The normalized spacial score (nSPS) is 13.8. The molecule has 0 bridgehead atoms. The highest BCUT2D eigenvalue weighted by molar-refractivity contribution is 7.95. The lowest BCUT2D eigenvalue weighted by molar-refractivity contribution is -0.432. The third-order valence-corrected chi connectivity index (χ3v) is 14.9. The average Bonchev–Trinajstić information content (AvgIpc) is 3.30. The number of nitrogens with one attached hydrogen (secondary N) is 4. The SMILES string of the molecule is Cn1c(=O)c(C2=Nc3ccccc3S(=O)(=O)N2)c2c3c(c(Nc4cc(Nc5nc(N)nc(Nc6cc(S(=O)(=O)O)ccc6SOOO)n5)c(S(=O)(=O)O)cc4SOOO)ccc31)C(=O)c1ccccc1-2. The largest absolute Gasteiger partial charge is 0.368 e. The third kappa shape index (κ3) is 8.99. The Balaban J connectivity index is 1.20. The molecule has 360 valence electrons. The Morgan fingerprint density at radius 3 is 2.03 bits per heavy atom. The fourth-order valence-electron chi connectivity index (χ4n) is 7.58. The number of nitrogens with two attached hydrogens (primary N) is 1. The number of para-hydroxylation sites is 1. The predicted molar refractivity (Wildman–Crippen MR) is 249 cm³/mol. The van der Waals surface area contributed by atoms with Crippen LogP contribution < -0.4 is 32.0 Å². The van der Waals surface area contributed by atoms with Crippen LogP contribution in [0.3, 0.4) is 0 Å². The third-order valence-electron chi connectivity index (χ3n) is 10.4. The summed E-state index contributed by atoms with van der Waals surface area (Å²) in [5, 5.41) is 33.7. The van der Waals surface area contributed by atoms with Crippen LogP contribution in [0.25, 0.3) is 22.0 Å². The summed E-state index contributed by atoms with van der Waals surface area (Å²) in [6.07, 6.45) is 0. The van der Waals surface area contributed by atoms with Gasteiger partial charge in [0, 0.05) is 23.6 Å². The molecule has 0 amide bonds. The maximum absolute atomic E-state index is 14.8. The molecule has 2 aliphatic rings. The fourth-order valence-corrected chi connectivity index (χ4v) is 10.9. The average molecular weight is 1050 g/mol. The zero-order chi connectivity index (χ0) is 49.9. The van der Waals surface area contributed by atoms with Gasteiger partial charge in [0.05, 0.1) is 83.9 Å². The van der Waals surface area contributed by atoms with Crippen LogP contribution in [0.15, 0.2) is 125 Å². The second kappa shape index (κ2) is 18.3. The number of sulfonamides is 1. The van der Waals surface area contributed by atoms with Crippen LogP contribution in [0, 0.1) is 0 Å². The number of carbonyl (C=O) groups is 1. The number of hydrogen-bond acceptors (Lipinski definition) is 24. The van der Waals surface area contributed by atoms with Crippen molar-refractivity contribution in [1.82, 2.24) is 24.2 Å². The minimum atomic E-state index is -5.18. The number of aryl methyl sites for hydroxylation is 1. The van der Waals surface area contributed by atoms with Gasteiger partial charge in [0.25, 0.3) is 35.8 Å². The van der Waals surface area contributed by atoms with E-state index in [0.717, 1.165) is 30.3 Å². The number of fused-ring (bicyclic) bond motifs is 3. The molecule has 0 spiro atoms. The highest BCUT2D eigenvalue weighted by Crippen LogP contribution is 2.46. The van der Waals surface area contributed by atoms with Crippen LogP contribution in [0.1, 0.15) is 21.5 Å². The molecule has 0 fully saturated rings. The van der Waals surface area contributed by atoms with E-state index in [2.05, 4.69) is 59.4 Å². The molecular formula is C39H28N10O16S5. The van der Waals surface area contributed by atoms with E-state index in [4.69, 9.17) is 16.2 Å². The summed E-state index contributed by atoms with van der Waals surface area (Å²) in [5.41, 5.74) is 5.24. The van der Waals surface area contributed by atoms with E-state index in [1.165, 1.54) is 48.0 Å². The van der Waals surface area contributed by atoms with E-state index in [0.29, 0.717) is 12.0 Å². The zero-order valence-electron chi connectivity index (χ0n) is 34.7. The van der Waals surface area contributed by atoms with E-state index in [1.807, 2.05) is 0 Å². The molecule has 1 aliphatic carbocycles. The Hall–Kier alpha value is -7.11. The summed E-state index contributed by atoms with van der Waals surface area (Å²) in [7, 11) is -12.8. The molecule has 0 unspecified atom stereocenters. The van der Waals surface area contributed by atoms with Crippen molar-refractivity contribution in [3.8, 4) is 11.1 Å². The van der Waals surface area contributed by atoms with E-state index in [9.17, 15) is 43.9 Å². The van der Waals surface area contributed by atoms with Crippen LogP contribution in [-0.2, 0) is 56.1 Å². The Morgan fingerprint density at radius 2 is 1.34 bits per heavy atom. The first-order valence-electron chi connectivity index (χ1n) is 19.2. The quantitative estimate of drug-likeness (QED) is 0.0266. The molecule has 7 aromatic rings. The predicted octanol–water partition coefficient (Wildman–Crippen LogP) is 5.47. The molecule has 1 aliphatic heterocycles. The summed E-state index contributed by atoms with van der Waals surface area (Å²) in [6.45, 7) is 0. The minimum absolute atomic E-state index is 0.0268. The van der Waals surface area contributed by atoms with Gasteiger partial charge >= 0.3 is 0 Å². The Labute approximate surface area is 401 Å². The molecule has 70 heavy (non-hydrogen) atoms. The lowest BCUT2D eigenvalue weighted by atomic mass is 9.81. The summed E-state index contributed by atoms with van der Waals surface area (Å²) in [4.78, 5) is 44.1. The number of aromatic nitrogens is 4. The second-order valence-corrected chi connectivity index (χ2v) is 20.5. The maximum atomic E-state index is 14.8. The molecular weight excluding hydrogens is 1020 g/mol. The second-order valence-electron chi connectivity index (χ2n) is 14.5. The summed E-state index contributed by atoms with van der Waals surface area (Å²) >= 11 is 0.640. The standard InChI is InChI=1S/C39H28N10O16S5/c1-49-25-12-11-21(31-32(25)30(18-6-2-3-7-19(18)34(31)50)33(36(49)51)35-42-20-8-4-5-9-28(20)68(54,55)48-35)41-23-15-24(29(70(59,60)61)16-27(23)67-65-63-53)44-39-46-37(40)45-38(47-39)43-22-14-17(69(56,57)58)10-13-26(22)66-64-62-52/h2-16,41,52-53H,1H3,(H,42,48)(H,56,57,58)(H,59,60,61)(H4,40,43,44,45,46,47). The first-order chi connectivity index (χ1) is 33.3. The van der Waals surface area contributed by atoms with Crippen molar-refractivity contribution < 1.29 is 68.4 Å². The monoisotopic (exact) mass is 1050 g/mol. The fraction of sp³-hybridized carbons (Fsp3) is 0.0256. The van der Waals surface area contributed by atoms with Crippen molar-refractivity contribution in [2.45, 2.75) is 24.5 Å². The Morgan fingerprint density at radius 1 is 0.700 bits per heavy atom. The van der Waals surface area contributed by atoms with Crippen LogP contribution in [0.5, 0.6) is 0 Å². The number of pyridine rings is 1. The van der Waals surface area contributed by atoms with Gasteiger partial charge in [-0.3, -0.25) is 23.4 Å². The van der Waals surface area contributed by atoms with Crippen LogP contribution in [0.4, 0.5) is 46.3 Å². The number of ketones is 1. The number of anilines is 7. The number of rotatable bonds is 15. The zero-order valence-corrected chi connectivity index (χ0v) is 38.8. The summed E-state index contributed by atoms with van der Waals surface area (Å²) in [5.74, 6) is -2.29. The molecule has 26 nitrogen and oxygen atoms in total. The minimum Gasteiger partial charge on any atom is -0.368 e. The number of carbonyl (C=O) groups excluding carboxylic acids is 1. The Kier molecular flexibility index (Phi) is 12.6. The van der Waals surface area contributed by atoms with E-state index in [1.54, 1.807) is 24.3 Å². The number of hydrogen-bond donors (Lipinski definition) is 9. The van der Waals surface area contributed by atoms with E-state index < -0.39 is 74.9 Å². The van der Waals surface area contributed by atoms with E-state index >= 15 is 0 Å². The molecule has 0 atom stereocenters. The van der Waals surface area contributed by atoms with Gasteiger partial charge < -0.3 is 26.3 Å². The topological polar surface area (TPSA) is 384 Å². The van der Waals surface area contributed by atoms with Gasteiger partial charge in [-0.15, -0.1) is 8.67 Å². The first-order valence-corrected chi connectivity index (χ1v) is 25.1. The van der Waals surface area contributed by atoms with Crippen molar-refractivity contribution in [3.05, 3.63) is 118 Å². The van der Waals surface area contributed by atoms with E-state index in [-0.39, 0.29) is 94.0 Å². The van der Waals surface area contributed by atoms with Gasteiger partial charge in [0.1, 0.15) is 9.79 Å². The van der Waals surface area contributed by atoms with Crippen molar-refractivity contribution >= 4 is 123 Å². The van der Waals surface area contributed by atoms with Crippen LogP contribution >= 0.6 is 24.1 Å². The highest BCUT2D eigenvalue weighted by atomic mass is 32.2. The van der Waals surface area contributed by atoms with Crippen LogP contribution in [0.2, 0.25) is 0 Å². The van der Waals surface area contributed by atoms with Gasteiger partial charge in [-0.1, -0.05) is 46.5 Å². The molecule has 0 saturated carbocycles. The molecule has 0 saturated heterocycles. The molecule has 3 heterocycles. The molecule has 10 N–H and O–H groups in total. The molecule has 9 rings (SSSR count). The Bertz CT molecular complexity index is 3820. The maximum Gasteiger partial charge on any atom is 0.296 e. The van der Waals surface area contributed by atoms with Gasteiger partial charge in [0.2, 0.25) is 17.8 Å². The molecule has 0 radical (unpaired) electrons. The number of nitrogens with zero attached hydrogens (tertiary/aromatic N) is 5. The number of aliphatic imine (C=N–C) groups is 1. The first kappa shape index (κ1) is 47.9. The highest BCUT2D eigenvalue weighted by Gasteiger charge is 2.36. The molecule has 2 aromatic heterocycles. The van der Waals surface area contributed by atoms with Crippen molar-refractivity contribution in [2.75, 3.05) is 21.7 Å². The van der Waals surface area contributed by atoms with Gasteiger partial charge in [-0.2, -0.15) is 31.8 Å². The van der Waals surface area contributed by atoms with Gasteiger partial charge in [-0.05, 0) is 60.2 Å². The lowest BCUT2D eigenvalue weighted by Gasteiger charge is -2.27. The summed E-state index contributed by atoms with van der Waals surface area (Å²) in [6, 6.07) is 20.3. The number of nitrogen functional groups attached to an aromatic ring is 1. The number of benzene rings is 5. The van der Waals surface area contributed by atoms with Gasteiger partial charge in [0.15, 0.2) is 11.6 Å². The smallest absolute Gasteiger partial charge is 0.296 e. The van der Waals surface area contributed by atoms with Crippen LogP contribution in [-0.4, -0.2) is 76.0 Å². The number of amidine groups is 1. The summed E-state index contributed by atoms with van der Waals surface area (Å²) < 4.78 is 110. The van der Waals surface area contributed by atoms with Crippen molar-refractivity contribution in [1.29, 1.82) is 0 Å². The molecule has 5 aromatic carbocycles. The van der Waals surface area contributed by atoms with Crippen molar-refractivity contribution in [3.63, 3.8) is 0 Å². The lowest BCUT2D eigenvalue weighted by Crippen LogP contribution is -2.39. The van der Waals surface area contributed by atoms with Crippen molar-refractivity contribution in [2.24, 2.45) is 12.0 Å². The molecule has 31 heteroatoms. The van der Waals surface area contributed by atoms with Gasteiger partial charge in [-0.25, -0.2) is 23.9 Å².